The molecule has 0 aliphatic heterocycles. The Bertz CT molecular complexity index is 164. The highest BCUT2D eigenvalue weighted by Gasteiger charge is 2.31. The lowest BCUT2D eigenvalue weighted by atomic mass is 10.4. The van der Waals surface area contributed by atoms with Crippen LogP contribution in [0.3, 0.4) is 0 Å². The second-order valence-corrected chi connectivity index (χ2v) is 4.86. The molecule has 0 saturated carbocycles. The van der Waals surface area contributed by atoms with Gasteiger partial charge in [-0.15, -0.1) is 0 Å². The number of rotatable bonds is 5. The Morgan fingerprint density at radius 1 is 1.33 bits per heavy atom. The van der Waals surface area contributed by atoms with E-state index in [1.807, 2.05) is 20.8 Å². The highest BCUT2D eigenvalue weighted by atomic mass is 31.2. The van der Waals surface area contributed by atoms with Gasteiger partial charge in [0.25, 0.3) is 0 Å². The summed E-state index contributed by atoms with van der Waals surface area (Å²) in [6, 6.07) is 0.153. The summed E-state index contributed by atoms with van der Waals surface area (Å²) in [6.45, 7) is 6.48. The zero-order valence-electron chi connectivity index (χ0n) is 8.40. The van der Waals surface area contributed by atoms with E-state index in [1.54, 1.807) is 4.67 Å². The quantitative estimate of drug-likeness (QED) is 0.630. The van der Waals surface area contributed by atoms with E-state index in [0.717, 1.165) is 0 Å². The maximum Gasteiger partial charge on any atom is 0.407 e. The third kappa shape index (κ3) is 2.56. The largest absolute Gasteiger partial charge is 0.407 e. The van der Waals surface area contributed by atoms with Crippen LogP contribution in [-0.4, -0.2) is 31.5 Å². The van der Waals surface area contributed by atoms with Gasteiger partial charge in [-0.3, -0.25) is 9.05 Å². The summed E-state index contributed by atoms with van der Waals surface area (Å²) < 4.78 is 23.2. The number of hydrogen-bond acceptors (Lipinski definition) is 3. The smallest absolute Gasteiger partial charge is 0.300 e. The molecule has 0 saturated heterocycles. The molecule has 74 valence electrons. The maximum absolute atomic E-state index is 11.8. The fraction of sp³-hybridized carbons (Fsp3) is 1.00. The predicted octanol–water partition coefficient (Wildman–Crippen LogP) is 2.12. The fourth-order valence-corrected chi connectivity index (χ4v) is 2.59. The average molecular weight is 195 g/mol. The van der Waals surface area contributed by atoms with Crippen molar-refractivity contribution in [2.75, 3.05) is 20.8 Å². The molecule has 0 aromatic rings. The summed E-state index contributed by atoms with van der Waals surface area (Å²) in [5.41, 5.74) is 0. The van der Waals surface area contributed by atoms with Crippen molar-refractivity contribution in [2.24, 2.45) is 0 Å². The molecule has 0 aliphatic carbocycles. The van der Waals surface area contributed by atoms with Crippen LogP contribution in [0.25, 0.3) is 0 Å². The van der Waals surface area contributed by atoms with Crippen LogP contribution >= 0.6 is 7.75 Å². The third-order valence-electron chi connectivity index (χ3n) is 1.70. The Kier molecular flexibility index (Phi) is 5.02. The van der Waals surface area contributed by atoms with E-state index in [2.05, 4.69) is 0 Å². The van der Waals surface area contributed by atoms with Gasteiger partial charge in [-0.25, -0.2) is 9.24 Å². The van der Waals surface area contributed by atoms with Crippen LogP contribution in [0.2, 0.25) is 0 Å². The summed E-state index contributed by atoms with van der Waals surface area (Å²) >= 11 is 0. The van der Waals surface area contributed by atoms with Gasteiger partial charge in [0.1, 0.15) is 0 Å². The first-order chi connectivity index (χ1) is 5.51. The number of nitrogens with zero attached hydrogens (tertiary/aromatic N) is 1. The van der Waals surface area contributed by atoms with E-state index in [-0.39, 0.29) is 6.04 Å². The molecule has 0 fully saturated rings. The first-order valence-corrected chi connectivity index (χ1v) is 5.50. The summed E-state index contributed by atoms with van der Waals surface area (Å²) in [7, 11) is -0.218. The van der Waals surface area contributed by atoms with Crippen molar-refractivity contribution in [1.29, 1.82) is 0 Å². The van der Waals surface area contributed by atoms with Crippen molar-refractivity contribution in [3.63, 3.8) is 0 Å². The van der Waals surface area contributed by atoms with Crippen molar-refractivity contribution < 1.29 is 13.6 Å². The van der Waals surface area contributed by atoms with E-state index < -0.39 is 7.75 Å². The maximum atomic E-state index is 11.8. The van der Waals surface area contributed by atoms with Gasteiger partial charge in [0, 0.05) is 26.8 Å². The van der Waals surface area contributed by atoms with Gasteiger partial charge in [0.05, 0.1) is 0 Å². The monoisotopic (exact) mass is 195 g/mol. The summed E-state index contributed by atoms with van der Waals surface area (Å²) in [5.74, 6) is 0. The highest BCUT2D eigenvalue weighted by Crippen LogP contribution is 2.51. The molecule has 0 aromatic carbocycles. The van der Waals surface area contributed by atoms with E-state index in [1.165, 1.54) is 14.2 Å². The molecular formula is C7H18NO3P. The summed E-state index contributed by atoms with van der Waals surface area (Å²) in [4.78, 5) is 0. The Morgan fingerprint density at radius 2 is 1.75 bits per heavy atom. The van der Waals surface area contributed by atoms with E-state index in [4.69, 9.17) is 9.05 Å². The van der Waals surface area contributed by atoms with Crippen LogP contribution in [0.1, 0.15) is 20.8 Å². The highest BCUT2D eigenvalue weighted by molar-refractivity contribution is 7.51. The fourth-order valence-electron chi connectivity index (χ4n) is 1.11. The van der Waals surface area contributed by atoms with Crippen molar-refractivity contribution in [3.05, 3.63) is 0 Å². The molecule has 0 heterocycles. The first kappa shape index (κ1) is 12.1. The van der Waals surface area contributed by atoms with Gasteiger partial charge in [0.15, 0.2) is 0 Å². The molecule has 0 radical (unpaired) electrons. The molecule has 0 bridgehead atoms. The van der Waals surface area contributed by atoms with Gasteiger partial charge in [0.2, 0.25) is 0 Å². The van der Waals surface area contributed by atoms with Crippen molar-refractivity contribution in [1.82, 2.24) is 4.67 Å². The number of hydrogen-bond donors (Lipinski definition) is 0. The van der Waals surface area contributed by atoms with Gasteiger partial charge < -0.3 is 0 Å². The van der Waals surface area contributed by atoms with Gasteiger partial charge in [-0.1, -0.05) is 6.92 Å². The van der Waals surface area contributed by atoms with Crippen LogP contribution in [0.5, 0.6) is 0 Å². The lowest BCUT2D eigenvalue weighted by Crippen LogP contribution is -2.28. The molecule has 0 unspecified atom stereocenters. The van der Waals surface area contributed by atoms with E-state index >= 15 is 0 Å². The second-order valence-electron chi connectivity index (χ2n) is 2.68. The Morgan fingerprint density at radius 3 is 1.83 bits per heavy atom. The van der Waals surface area contributed by atoms with Crippen LogP contribution in [0.4, 0.5) is 0 Å². The minimum atomic E-state index is -3.01. The average Bonchev–Trinajstić information content (AvgIpc) is 2.04. The molecule has 0 spiro atoms. The molecule has 0 atom stereocenters. The first-order valence-electron chi connectivity index (χ1n) is 4.00. The van der Waals surface area contributed by atoms with Crippen LogP contribution in [-0.2, 0) is 13.6 Å². The minimum absolute atomic E-state index is 0.153. The molecule has 12 heavy (non-hydrogen) atoms. The topological polar surface area (TPSA) is 38.8 Å². The van der Waals surface area contributed by atoms with Crippen molar-refractivity contribution in [3.8, 4) is 0 Å². The van der Waals surface area contributed by atoms with Gasteiger partial charge >= 0.3 is 7.75 Å². The Balaban J connectivity index is 4.56. The summed E-state index contributed by atoms with van der Waals surface area (Å²) in [5, 5.41) is 0. The second kappa shape index (κ2) is 4.97. The molecule has 0 amide bonds. The Labute approximate surface area is 74.4 Å². The third-order valence-corrected chi connectivity index (χ3v) is 3.99. The zero-order valence-corrected chi connectivity index (χ0v) is 9.30. The summed E-state index contributed by atoms with van der Waals surface area (Å²) in [6.07, 6.45) is 0. The normalized spacial score (nSPS) is 12.9. The minimum Gasteiger partial charge on any atom is -0.300 e. The standard InChI is InChI=1S/C7H18NO3P/c1-6-8(7(2)3)12(9,10-4)11-5/h7H,6H2,1-5H3. The van der Waals surface area contributed by atoms with Crippen LogP contribution in [0.15, 0.2) is 0 Å². The molecule has 4 nitrogen and oxygen atoms in total. The van der Waals surface area contributed by atoms with E-state index in [9.17, 15) is 4.57 Å². The van der Waals surface area contributed by atoms with Crippen LogP contribution < -0.4 is 0 Å². The van der Waals surface area contributed by atoms with Crippen molar-refractivity contribution in [2.45, 2.75) is 26.8 Å². The van der Waals surface area contributed by atoms with E-state index in [0.29, 0.717) is 6.54 Å². The zero-order chi connectivity index (χ0) is 9.78. The van der Waals surface area contributed by atoms with Gasteiger partial charge in [-0.2, -0.15) is 0 Å². The van der Waals surface area contributed by atoms with Crippen LogP contribution in [0, 0.1) is 0 Å². The SMILES string of the molecule is CCN(C(C)C)P(=O)(OC)OC. The lowest BCUT2D eigenvalue weighted by molar-refractivity contribution is 0.194. The molecule has 5 heteroatoms. The van der Waals surface area contributed by atoms with Crippen molar-refractivity contribution >= 4 is 7.75 Å². The molecule has 0 aromatic heterocycles. The molecule has 0 N–H and O–H groups in total. The molecule has 0 rings (SSSR count). The lowest BCUT2D eigenvalue weighted by Gasteiger charge is -2.29. The molecular weight excluding hydrogens is 177 g/mol. The molecule has 0 aliphatic rings. The van der Waals surface area contributed by atoms with Gasteiger partial charge in [-0.05, 0) is 13.8 Å². The Hall–Kier alpha value is 0.110. The predicted molar refractivity (Wildman–Crippen MR) is 49.1 cm³/mol.